The first-order chi connectivity index (χ1) is 8.99. The van der Waals surface area contributed by atoms with E-state index in [0.717, 1.165) is 17.0 Å². The van der Waals surface area contributed by atoms with Gasteiger partial charge >= 0.3 is 0 Å². The molecule has 0 aromatic carbocycles. The number of aryl methyl sites for hydroxylation is 2. The topological polar surface area (TPSA) is 96.1 Å². The first-order valence-corrected chi connectivity index (χ1v) is 5.98. The summed E-state index contributed by atoms with van der Waals surface area (Å²) in [6, 6.07) is 3.77. The Labute approximate surface area is 110 Å². The van der Waals surface area contributed by atoms with E-state index < -0.39 is 6.10 Å². The molecule has 1 unspecified atom stereocenters. The number of aromatic nitrogens is 4. The Morgan fingerprint density at radius 3 is 2.42 bits per heavy atom. The van der Waals surface area contributed by atoms with Gasteiger partial charge in [0.2, 0.25) is 0 Å². The van der Waals surface area contributed by atoms with Gasteiger partial charge in [0.25, 0.3) is 5.95 Å². The minimum absolute atomic E-state index is 0.0998. The van der Waals surface area contributed by atoms with Gasteiger partial charge in [0.05, 0.1) is 12.6 Å². The Hall–Kier alpha value is -1.99. The highest BCUT2D eigenvalue weighted by molar-refractivity contribution is 5.57. The molecule has 0 fully saturated rings. The molecule has 0 saturated heterocycles. The predicted molar refractivity (Wildman–Crippen MR) is 69.8 cm³/mol. The highest BCUT2D eigenvalue weighted by atomic mass is 16.5. The van der Waals surface area contributed by atoms with Gasteiger partial charge in [-0.05, 0) is 32.9 Å². The second kappa shape index (κ2) is 5.33. The average molecular weight is 263 g/mol. The van der Waals surface area contributed by atoms with Crippen molar-refractivity contribution in [2.24, 2.45) is 0 Å². The Morgan fingerprint density at radius 1 is 1.26 bits per heavy atom. The summed E-state index contributed by atoms with van der Waals surface area (Å²) in [5, 5.41) is 22.5. The third kappa shape index (κ3) is 3.07. The van der Waals surface area contributed by atoms with Crippen LogP contribution in [0.4, 0.5) is 5.95 Å². The smallest absolute Gasteiger partial charge is 0.266 e. The molecule has 0 bridgehead atoms. The number of nitrogens with zero attached hydrogens (tertiary/aromatic N) is 4. The fourth-order valence-corrected chi connectivity index (χ4v) is 1.94. The van der Waals surface area contributed by atoms with E-state index >= 15 is 0 Å². The lowest BCUT2D eigenvalue weighted by Gasteiger charge is -2.08. The van der Waals surface area contributed by atoms with Crippen molar-refractivity contribution in [3.8, 4) is 11.4 Å². The Bertz CT molecular complexity index is 559. The van der Waals surface area contributed by atoms with E-state index in [4.69, 9.17) is 5.21 Å². The molecular formula is C12H17N5O2. The summed E-state index contributed by atoms with van der Waals surface area (Å²) in [7, 11) is 0. The predicted octanol–water partition coefficient (Wildman–Crippen LogP) is 1.14. The highest BCUT2D eigenvalue weighted by Gasteiger charge is 2.14. The van der Waals surface area contributed by atoms with Gasteiger partial charge in [0.1, 0.15) is 0 Å². The van der Waals surface area contributed by atoms with E-state index in [1.54, 1.807) is 11.6 Å². The number of nitrogens with one attached hydrogen (secondary N) is 1. The lowest BCUT2D eigenvalue weighted by molar-refractivity contribution is 0.169. The molecular weight excluding hydrogens is 246 g/mol. The SMILES string of the molecule is Cc1cc(-c2nc(NO)nn2CC(C)O)cc(C)n1. The second-order valence-corrected chi connectivity index (χ2v) is 4.54. The van der Waals surface area contributed by atoms with Crippen molar-refractivity contribution < 1.29 is 10.3 Å². The van der Waals surface area contributed by atoms with Crippen molar-refractivity contribution in [3.05, 3.63) is 23.5 Å². The monoisotopic (exact) mass is 263 g/mol. The molecule has 0 aliphatic heterocycles. The summed E-state index contributed by atoms with van der Waals surface area (Å²) in [6.07, 6.45) is -0.559. The zero-order valence-electron chi connectivity index (χ0n) is 11.1. The lowest BCUT2D eigenvalue weighted by Crippen LogP contribution is -2.14. The van der Waals surface area contributed by atoms with Crippen molar-refractivity contribution in [1.29, 1.82) is 0 Å². The van der Waals surface area contributed by atoms with E-state index in [9.17, 15) is 5.11 Å². The van der Waals surface area contributed by atoms with Gasteiger partial charge in [-0.15, -0.1) is 5.10 Å². The molecule has 0 saturated carbocycles. The van der Waals surface area contributed by atoms with E-state index in [0.29, 0.717) is 12.4 Å². The van der Waals surface area contributed by atoms with Crippen molar-refractivity contribution >= 4 is 5.95 Å². The fourth-order valence-electron chi connectivity index (χ4n) is 1.94. The third-order valence-electron chi connectivity index (χ3n) is 2.55. The summed E-state index contributed by atoms with van der Waals surface area (Å²) in [5.74, 6) is 0.675. The molecule has 7 heteroatoms. The number of anilines is 1. The number of aliphatic hydroxyl groups excluding tert-OH is 1. The van der Waals surface area contributed by atoms with Gasteiger partial charge in [-0.2, -0.15) is 4.98 Å². The van der Waals surface area contributed by atoms with Crippen LogP contribution in [0.15, 0.2) is 12.1 Å². The van der Waals surface area contributed by atoms with E-state index in [1.165, 1.54) is 0 Å². The molecule has 2 heterocycles. The maximum absolute atomic E-state index is 9.48. The number of hydrogen-bond acceptors (Lipinski definition) is 6. The van der Waals surface area contributed by atoms with Crippen LogP contribution in [0.1, 0.15) is 18.3 Å². The summed E-state index contributed by atoms with van der Waals surface area (Å²) >= 11 is 0. The molecule has 2 aromatic rings. The maximum Gasteiger partial charge on any atom is 0.266 e. The summed E-state index contributed by atoms with van der Waals surface area (Å²) in [6.45, 7) is 5.76. The summed E-state index contributed by atoms with van der Waals surface area (Å²) in [5.41, 5.74) is 4.52. The van der Waals surface area contributed by atoms with Gasteiger partial charge in [-0.1, -0.05) is 0 Å². The summed E-state index contributed by atoms with van der Waals surface area (Å²) < 4.78 is 1.55. The van der Waals surface area contributed by atoms with Crippen LogP contribution in [-0.4, -0.2) is 36.2 Å². The molecule has 2 aromatic heterocycles. The highest BCUT2D eigenvalue weighted by Crippen LogP contribution is 2.20. The lowest BCUT2D eigenvalue weighted by atomic mass is 10.2. The van der Waals surface area contributed by atoms with Crippen LogP contribution in [0.2, 0.25) is 0 Å². The van der Waals surface area contributed by atoms with Crippen molar-refractivity contribution in [2.75, 3.05) is 5.48 Å². The van der Waals surface area contributed by atoms with Gasteiger partial charge in [0, 0.05) is 17.0 Å². The first-order valence-electron chi connectivity index (χ1n) is 5.98. The van der Waals surface area contributed by atoms with Crippen molar-refractivity contribution in [2.45, 2.75) is 33.4 Å². The zero-order chi connectivity index (χ0) is 14.0. The third-order valence-corrected chi connectivity index (χ3v) is 2.55. The van der Waals surface area contributed by atoms with Crippen LogP contribution in [0.5, 0.6) is 0 Å². The van der Waals surface area contributed by atoms with Crippen LogP contribution in [-0.2, 0) is 6.54 Å². The van der Waals surface area contributed by atoms with Crippen LogP contribution >= 0.6 is 0 Å². The molecule has 102 valence electrons. The number of hydrogen-bond donors (Lipinski definition) is 3. The van der Waals surface area contributed by atoms with Crippen molar-refractivity contribution in [1.82, 2.24) is 19.7 Å². The van der Waals surface area contributed by atoms with Gasteiger partial charge < -0.3 is 5.11 Å². The molecule has 19 heavy (non-hydrogen) atoms. The van der Waals surface area contributed by atoms with Crippen molar-refractivity contribution in [3.63, 3.8) is 0 Å². The molecule has 0 radical (unpaired) electrons. The number of rotatable bonds is 4. The average Bonchev–Trinajstić information content (AvgIpc) is 2.70. The van der Waals surface area contributed by atoms with Gasteiger partial charge in [-0.25, -0.2) is 10.2 Å². The Morgan fingerprint density at radius 2 is 1.89 bits per heavy atom. The molecule has 1 atom stereocenters. The van der Waals surface area contributed by atoms with Gasteiger partial charge in [-0.3, -0.25) is 10.2 Å². The zero-order valence-corrected chi connectivity index (χ0v) is 11.1. The van der Waals surface area contributed by atoms with Crippen LogP contribution in [0.25, 0.3) is 11.4 Å². The Kier molecular flexibility index (Phi) is 3.77. The Balaban J connectivity index is 2.49. The van der Waals surface area contributed by atoms with Crippen LogP contribution < -0.4 is 5.48 Å². The maximum atomic E-state index is 9.48. The quantitative estimate of drug-likeness (QED) is 0.716. The minimum atomic E-state index is -0.559. The first kappa shape index (κ1) is 13.4. The number of pyridine rings is 1. The normalized spacial score (nSPS) is 12.5. The summed E-state index contributed by atoms with van der Waals surface area (Å²) in [4.78, 5) is 8.49. The molecule has 0 spiro atoms. The molecule has 0 aliphatic rings. The molecule has 7 nitrogen and oxygen atoms in total. The standard InChI is InChI=1S/C12H17N5O2/c1-7-4-10(5-8(2)13-7)11-14-12(16-19)15-17(11)6-9(3)18/h4-5,9,18-19H,6H2,1-3H3,(H,15,16). The minimum Gasteiger partial charge on any atom is -0.391 e. The van der Waals surface area contributed by atoms with E-state index in [1.807, 2.05) is 31.5 Å². The van der Waals surface area contributed by atoms with E-state index in [-0.39, 0.29) is 5.95 Å². The van der Waals surface area contributed by atoms with Crippen LogP contribution in [0, 0.1) is 13.8 Å². The largest absolute Gasteiger partial charge is 0.391 e. The number of aliphatic hydroxyl groups is 1. The van der Waals surface area contributed by atoms with E-state index in [2.05, 4.69) is 15.1 Å². The molecule has 0 aliphatic carbocycles. The van der Waals surface area contributed by atoms with Crippen LogP contribution in [0.3, 0.4) is 0 Å². The molecule has 0 amide bonds. The second-order valence-electron chi connectivity index (χ2n) is 4.54. The van der Waals surface area contributed by atoms with Gasteiger partial charge in [0.15, 0.2) is 5.82 Å². The molecule has 3 N–H and O–H groups in total. The fraction of sp³-hybridized carbons (Fsp3) is 0.417. The molecule has 2 rings (SSSR count).